The van der Waals surface area contributed by atoms with E-state index in [2.05, 4.69) is 228 Å². The lowest BCUT2D eigenvalue weighted by atomic mass is 9.83. The van der Waals surface area contributed by atoms with E-state index in [0.29, 0.717) is 0 Å². The van der Waals surface area contributed by atoms with Crippen molar-refractivity contribution in [2.24, 2.45) is 0 Å². The Morgan fingerprint density at radius 1 is 0.279 bits per heavy atom. The van der Waals surface area contributed by atoms with Gasteiger partial charge >= 0.3 is 0 Å². The van der Waals surface area contributed by atoms with Crippen LogP contribution in [0.3, 0.4) is 0 Å². The molecule has 2 heteroatoms. The van der Waals surface area contributed by atoms with Crippen LogP contribution in [0.1, 0.15) is 5.56 Å². The Bertz CT molecular complexity index is 3760. The SMILES string of the molecule is Cc1cc(-n2c3ccccc3c3ccccc32)ccc1-c1cc(-c2ccccc2)c2ccc3c(-n4c5ccccc5c5ccccc54)cc(-c4ccccc4)c4ccc1c2c43. The molecular weight excluding hydrogens is 737 g/mol. The van der Waals surface area contributed by atoms with Gasteiger partial charge in [-0.05, 0) is 116 Å². The van der Waals surface area contributed by atoms with Crippen molar-refractivity contribution in [3.63, 3.8) is 0 Å². The molecule has 0 bridgehead atoms. The largest absolute Gasteiger partial charge is 0.309 e. The van der Waals surface area contributed by atoms with E-state index < -0.39 is 0 Å². The fraction of sp³-hybridized carbons (Fsp3) is 0.0169. The Labute approximate surface area is 353 Å². The number of benzene rings is 11. The molecule has 0 aliphatic carbocycles. The molecule has 0 atom stereocenters. The van der Waals surface area contributed by atoms with Crippen molar-refractivity contribution < 1.29 is 0 Å². The molecule has 0 amide bonds. The smallest absolute Gasteiger partial charge is 0.0547 e. The molecule has 0 saturated carbocycles. The van der Waals surface area contributed by atoms with Crippen molar-refractivity contribution >= 4 is 75.9 Å². The normalized spacial score (nSPS) is 12.0. The van der Waals surface area contributed by atoms with E-state index in [-0.39, 0.29) is 0 Å². The minimum Gasteiger partial charge on any atom is -0.309 e. The fourth-order valence-electron chi connectivity index (χ4n) is 10.6. The molecule has 61 heavy (non-hydrogen) atoms. The van der Waals surface area contributed by atoms with E-state index in [1.165, 1.54) is 126 Å². The third kappa shape index (κ3) is 4.91. The summed E-state index contributed by atoms with van der Waals surface area (Å²) in [7, 11) is 0. The molecule has 2 heterocycles. The molecular formula is C59H38N2. The Hall–Kier alpha value is -7.94. The Kier molecular flexibility index (Phi) is 7.26. The van der Waals surface area contributed by atoms with Gasteiger partial charge in [0.05, 0.1) is 27.8 Å². The highest BCUT2D eigenvalue weighted by atomic mass is 15.0. The zero-order chi connectivity index (χ0) is 40.2. The van der Waals surface area contributed by atoms with Crippen LogP contribution >= 0.6 is 0 Å². The summed E-state index contributed by atoms with van der Waals surface area (Å²) in [5.41, 5.74) is 15.9. The Morgan fingerprint density at radius 3 is 1.20 bits per heavy atom. The molecule has 0 spiro atoms. The maximum absolute atomic E-state index is 2.50. The molecule has 0 unspecified atom stereocenters. The van der Waals surface area contributed by atoms with E-state index in [9.17, 15) is 0 Å². The number of aromatic nitrogens is 2. The van der Waals surface area contributed by atoms with Gasteiger partial charge in [-0.15, -0.1) is 0 Å². The van der Waals surface area contributed by atoms with Crippen molar-refractivity contribution in [2.45, 2.75) is 6.92 Å². The van der Waals surface area contributed by atoms with Crippen molar-refractivity contribution in [2.75, 3.05) is 0 Å². The van der Waals surface area contributed by atoms with E-state index in [0.717, 1.165) is 0 Å². The number of aryl methyl sites for hydroxylation is 1. The molecule has 13 rings (SSSR count). The highest BCUT2D eigenvalue weighted by Crippen LogP contribution is 2.49. The fourth-order valence-corrected chi connectivity index (χ4v) is 10.6. The summed E-state index contributed by atoms with van der Waals surface area (Å²) in [6.45, 7) is 2.28. The summed E-state index contributed by atoms with van der Waals surface area (Å²) in [4.78, 5) is 0. The van der Waals surface area contributed by atoms with Gasteiger partial charge in [-0.25, -0.2) is 0 Å². The van der Waals surface area contributed by atoms with Gasteiger partial charge in [0, 0.05) is 38.0 Å². The van der Waals surface area contributed by atoms with Gasteiger partial charge in [0.15, 0.2) is 0 Å². The molecule has 0 N–H and O–H groups in total. The Morgan fingerprint density at radius 2 is 0.689 bits per heavy atom. The number of nitrogens with zero attached hydrogens (tertiary/aromatic N) is 2. The average molecular weight is 775 g/mol. The van der Waals surface area contributed by atoms with Gasteiger partial charge in [-0.3, -0.25) is 0 Å². The topological polar surface area (TPSA) is 9.86 Å². The molecule has 2 nitrogen and oxygen atoms in total. The number of fused-ring (bicyclic) bond motifs is 6. The van der Waals surface area contributed by atoms with E-state index in [1.807, 2.05) is 0 Å². The van der Waals surface area contributed by atoms with E-state index in [4.69, 9.17) is 0 Å². The highest BCUT2D eigenvalue weighted by molar-refractivity contribution is 6.31. The lowest BCUT2D eigenvalue weighted by Crippen LogP contribution is -2.00. The first-order chi connectivity index (χ1) is 30.2. The van der Waals surface area contributed by atoms with Crippen LogP contribution in [0.4, 0.5) is 0 Å². The zero-order valence-electron chi connectivity index (χ0n) is 33.6. The van der Waals surface area contributed by atoms with Crippen LogP contribution in [0.25, 0.3) is 121 Å². The molecule has 284 valence electrons. The van der Waals surface area contributed by atoms with Crippen LogP contribution in [-0.4, -0.2) is 9.13 Å². The summed E-state index contributed by atoms with van der Waals surface area (Å²) in [5, 5.41) is 12.7. The molecule has 2 aromatic heterocycles. The van der Waals surface area contributed by atoms with Gasteiger partial charge in [0.1, 0.15) is 0 Å². The number of rotatable bonds is 5. The number of hydrogen-bond acceptors (Lipinski definition) is 0. The monoisotopic (exact) mass is 774 g/mol. The summed E-state index contributed by atoms with van der Waals surface area (Å²) >= 11 is 0. The van der Waals surface area contributed by atoms with Crippen LogP contribution < -0.4 is 0 Å². The average Bonchev–Trinajstić information content (AvgIpc) is 3.84. The summed E-state index contributed by atoms with van der Waals surface area (Å²) in [6.07, 6.45) is 0. The quantitative estimate of drug-likeness (QED) is 0.154. The number of hydrogen-bond donors (Lipinski definition) is 0. The van der Waals surface area contributed by atoms with Gasteiger partial charge in [-0.2, -0.15) is 0 Å². The van der Waals surface area contributed by atoms with Gasteiger partial charge in [0.25, 0.3) is 0 Å². The molecule has 0 aliphatic heterocycles. The second kappa shape index (κ2) is 13.0. The lowest BCUT2D eigenvalue weighted by molar-refractivity contribution is 1.17. The van der Waals surface area contributed by atoms with Crippen LogP contribution in [0.2, 0.25) is 0 Å². The standard InChI is InChI=1S/C59H38N2/c1-37-34-40(60-53-24-12-8-20-42(53)43-21-9-13-25-54(43)60)28-29-41(37)52-35-50(38-16-4-2-5-17-38)46-32-33-49-57(61-55-26-14-10-22-44(55)45-23-11-15-27-56(45)61)36-51(39-18-6-3-7-19-39)47-30-31-48(52)58(46)59(47)49/h2-36H,1H3. The van der Waals surface area contributed by atoms with Crippen LogP contribution in [-0.2, 0) is 0 Å². The molecule has 13 aromatic rings. The first kappa shape index (κ1) is 34.0. The number of para-hydroxylation sites is 4. The van der Waals surface area contributed by atoms with E-state index in [1.54, 1.807) is 0 Å². The second-order valence-electron chi connectivity index (χ2n) is 16.5. The highest BCUT2D eigenvalue weighted by Gasteiger charge is 2.23. The predicted molar refractivity (Wildman–Crippen MR) is 260 cm³/mol. The van der Waals surface area contributed by atoms with Crippen molar-refractivity contribution in [3.8, 4) is 44.8 Å². The van der Waals surface area contributed by atoms with Gasteiger partial charge in [-0.1, -0.05) is 164 Å². The van der Waals surface area contributed by atoms with Crippen LogP contribution in [0.15, 0.2) is 212 Å². The van der Waals surface area contributed by atoms with Gasteiger partial charge in [0.2, 0.25) is 0 Å². The minimum absolute atomic E-state index is 1.17. The predicted octanol–water partition coefficient (Wildman–Crippen LogP) is 16.1. The first-order valence-corrected chi connectivity index (χ1v) is 21.2. The van der Waals surface area contributed by atoms with Crippen molar-refractivity contribution in [3.05, 3.63) is 218 Å². The van der Waals surface area contributed by atoms with Crippen LogP contribution in [0.5, 0.6) is 0 Å². The zero-order valence-corrected chi connectivity index (χ0v) is 33.6. The second-order valence-corrected chi connectivity index (χ2v) is 16.5. The van der Waals surface area contributed by atoms with Crippen LogP contribution in [0, 0.1) is 6.92 Å². The summed E-state index contributed by atoms with van der Waals surface area (Å²) in [6, 6.07) is 78.6. The first-order valence-electron chi connectivity index (χ1n) is 21.2. The molecule has 0 aliphatic rings. The van der Waals surface area contributed by atoms with E-state index >= 15 is 0 Å². The third-order valence-electron chi connectivity index (χ3n) is 13.2. The lowest BCUT2D eigenvalue weighted by Gasteiger charge is -2.23. The molecule has 11 aromatic carbocycles. The summed E-state index contributed by atoms with van der Waals surface area (Å²) < 4.78 is 4.92. The van der Waals surface area contributed by atoms with Crippen molar-refractivity contribution in [1.82, 2.24) is 9.13 Å². The molecule has 0 radical (unpaired) electrons. The maximum Gasteiger partial charge on any atom is 0.0547 e. The maximum atomic E-state index is 2.50. The van der Waals surface area contributed by atoms with Crippen molar-refractivity contribution in [1.29, 1.82) is 0 Å². The minimum atomic E-state index is 1.17. The van der Waals surface area contributed by atoms with Gasteiger partial charge < -0.3 is 9.13 Å². The summed E-state index contributed by atoms with van der Waals surface area (Å²) in [5.74, 6) is 0. The molecule has 0 fully saturated rings. The molecule has 0 saturated heterocycles. The Balaban J connectivity index is 1.14. The third-order valence-corrected chi connectivity index (χ3v) is 13.2.